The summed E-state index contributed by atoms with van der Waals surface area (Å²) in [5.41, 5.74) is 31.9. The second-order valence-electron chi connectivity index (χ2n) is 36.9. The van der Waals surface area contributed by atoms with Crippen molar-refractivity contribution in [1.82, 2.24) is 9.13 Å². The maximum atomic E-state index is 2.50. The first-order valence-electron chi connectivity index (χ1n) is 46.1. The topological polar surface area (TPSA) is 16.3 Å². The Bertz CT molecular complexity index is 9060. The third-order valence-electron chi connectivity index (χ3n) is 29.1. The molecule has 0 amide bonds. The number of rotatable bonds is 11. The molecule has 0 N–H and O–H groups in total. The van der Waals surface area contributed by atoms with Gasteiger partial charge in [0.1, 0.15) is 0 Å². The van der Waals surface area contributed by atoms with E-state index in [4.69, 9.17) is 0 Å². The van der Waals surface area contributed by atoms with E-state index in [1.165, 1.54) is 213 Å². The molecule has 620 valence electrons. The van der Waals surface area contributed by atoms with E-state index < -0.39 is 0 Å². The van der Waals surface area contributed by atoms with Gasteiger partial charge in [-0.15, -0.1) is 0 Å². The van der Waals surface area contributed by atoms with Crippen molar-refractivity contribution >= 4 is 164 Å². The van der Waals surface area contributed by atoms with Crippen molar-refractivity contribution in [2.24, 2.45) is 0 Å². The summed E-state index contributed by atoms with van der Waals surface area (Å²) >= 11 is 0. The normalized spacial score (nSPS) is 13.0. The summed E-state index contributed by atoms with van der Waals surface area (Å²) in [5, 5.41) is 25.1. The first-order valence-corrected chi connectivity index (χ1v) is 46.1. The molecule has 2 aliphatic carbocycles. The fourth-order valence-corrected chi connectivity index (χ4v) is 22.9. The molecule has 0 unspecified atom stereocenters. The van der Waals surface area contributed by atoms with Crippen molar-refractivity contribution in [2.75, 3.05) is 9.80 Å². The lowest BCUT2D eigenvalue weighted by atomic mass is 9.82. The molecule has 2 aromatic heterocycles. The van der Waals surface area contributed by atoms with Crippen LogP contribution in [0.5, 0.6) is 0 Å². The molecule has 132 heavy (non-hydrogen) atoms. The van der Waals surface area contributed by atoms with Gasteiger partial charge in [-0.1, -0.05) is 373 Å². The molecule has 23 aromatic carbocycles. The SMILES string of the molecule is CC1(C)c2ccccc2-c2ccc(N(c3ccc(-c4cc5c6ccccc6c6c(c7ccccc7n6-c6ccc7ccccc7c6)c5c5ccccc45)cc3)c3cccc4ccccc34)cc21.CC1(C)c2ccccc2-c2ccc(N(c3ccccc3)c3ccc(-c4cc5c6ccccc6c6c(c7ccccc7n6-c6ccc(-c7ccccc7)cc6)c5c5ccccc45)cc3)cc21. The quantitative estimate of drug-likeness (QED) is 0.120. The molecular weight excluding hydrogens is 1590 g/mol. The lowest BCUT2D eigenvalue weighted by molar-refractivity contribution is 0.660. The maximum absolute atomic E-state index is 2.50. The summed E-state index contributed by atoms with van der Waals surface area (Å²) in [6, 6.07) is 171. The molecule has 4 heteroatoms. The molecule has 2 heterocycles. The zero-order valence-corrected chi connectivity index (χ0v) is 73.7. The molecule has 4 nitrogen and oxygen atoms in total. The Morgan fingerprint density at radius 3 is 1.08 bits per heavy atom. The molecule has 0 radical (unpaired) electrons. The standard InChI is InChI=1S/C65H44N2.C63H44N2/c1-65(2)58-27-13-11-23-51(58)52-37-36-47(39-59(52)65)66(60-29-15-19-42-17-5-6-20-48(42)60)45-33-31-43(32-34-45)56-40-57-50-22-8-10-25-54(50)64-63(62(57)53-24-9-7-21-49(53)56)55-26-12-14-28-61(55)67(64)46-35-30-41-16-3-4-18-44(41)38-46;1-63(2)57-27-15-13-23-50(57)51-38-37-47(39-58(51)63)64(44-19-7-4-8-20-44)45-35-31-43(32-36-45)55-40-56-49-22-10-12-25-53(49)62-61(60(56)52-24-11-9-21-48(52)55)54-26-14-16-28-59(54)65(62)46-33-29-42(30-34-46)41-17-5-3-6-18-41/h3-40H,1-2H3;3-40H,1-2H3. The van der Waals surface area contributed by atoms with Gasteiger partial charge < -0.3 is 18.9 Å². The second kappa shape index (κ2) is 30.0. The van der Waals surface area contributed by atoms with Crippen LogP contribution in [0, 0.1) is 0 Å². The van der Waals surface area contributed by atoms with Gasteiger partial charge in [0, 0.05) is 99.1 Å². The molecule has 0 bridgehead atoms. The summed E-state index contributed by atoms with van der Waals surface area (Å²) in [7, 11) is 0. The monoisotopic (exact) mass is 1680 g/mol. The smallest absolute Gasteiger partial charge is 0.0626 e. The van der Waals surface area contributed by atoms with Crippen LogP contribution in [-0.2, 0) is 10.8 Å². The number of anilines is 6. The molecule has 0 saturated carbocycles. The number of nitrogens with zero attached hydrogens (tertiary/aromatic N) is 4. The Balaban J connectivity index is 0.000000138. The van der Waals surface area contributed by atoms with E-state index >= 15 is 0 Å². The molecule has 0 fully saturated rings. The fourth-order valence-electron chi connectivity index (χ4n) is 22.9. The van der Waals surface area contributed by atoms with Crippen molar-refractivity contribution in [2.45, 2.75) is 38.5 Å². The van der Waals surface area contributed by atoms with Crippen LogP contribution in [-0.4, -0.2) is 9.13 Å². The van der Waals surface area contributed by atoms with E-state index in [1.807, 2.05) is 0 Å². The third kappa shape index (κ3) is 11.8. The minimum Gasteiger partial charge on any atom is -0.310 e. The highest BCUT2D eigenvalue weighted by molar-refractivity contribution is 6.40. The van der Waals surface area contributed by atoms with Crippen LogP contribution in [0.1, 0.15) is 49.9 Å². The zero-order valence-electron chi connectivity index (χ0n) is 73.7. The highest BCUT2D eigenvalue weighted by Gasteiger charge is 2.38. The highest BCUT2D eigenvalue weighted by Crippen LogP contribution is 2.56. The minimum absolute atomic E-state index is 0.0932. The Morgan fingerprint density at radius 2 is 0.545 bits per heavy atom. The fraction of sp³-hybridized carbons (Fsp3) is 0.0469. The van der Waals surface area contributed by atoms with E-state index in [2.05, 4.69) is 508 Å². The molecular formula is C128H88N4. The zero-order chi connectivity index (χ0) is 87.6. The van der Waals surface area contributed by atoms with Crippen molar-refractivity contribution in [3.8, 4) is 67.0 Å². The van der Waals surface area contributed by atoms with E-state index in [9.17, 15) is 0 Å². The van der Waals surface area contributed by atoms with Gasteiger partial charge in [-0.05, 0) is 252 Å². The van der Waals surface area contributed by atoms with Gasteiger partial charge in [0.2, 0.25) is 0 Å². The van der Waals surface area contributed by atoms with Crippen LogP contribution in [0.3, 0.4) is 0 Å². The predicted octanol–water partition coefficient (Wildman–Crippen LogP) is 35.3. The lowest BCUT2D eigenvalue weighted by Crippen LogP contribution is -2.16. The molecule has 2 aliphatic rings. The van der Waals surface area contributed by atoms with Gasteiger partial charge in [-0.3, -0.25) is 0 Å². The van der Waals surface area contributed by atoms with Crippen LogP contribution >= 0.6 is 0 Å². The molecule has 27 rings (SSSR count). The lowest BCUT2D eigenvalue weighted by Gasteiger charge is -2.29. The molecule has 0 saturated heterocycles. The highest BCUT2D eigenvalue weighted by atomic mass is 15.1. The minimum atomic E-state index is -0.117. The van der Waals surface area contributed by atoms with Crippen molar-refractivity contribution < 1.29 is 0 Å². The van der Waals surface area contributed by atoms with Crippen LogP contribution in [0.25, 0.3) is 197 Å². The molecule has 25 aromatic rings. The summed E-state index contributed by atoms with van der Waals surface area (Å²) in [5.74, 6) is 0. The Labute approximate surface area is 766 Å². The second-order valence-corrected chi connectivity index (χ2v) is 36.9. The molecule has 0 spiro atoms. The van der Waals surface area contributed by atoms with Crippen LogP contribution < -0.4 is 9.80 Å². The van der Waals surface area contributed by atoms with Crippen LogP contribution in [0.2, 0.25) is 0 Å². The first kappa shape index (κ1) is 76.6. The average Bonchev–Trinajstić information content (AvgIpc) is 1.49. The summed E-state index contributed by atoms with van der Waals surface area (Å²) in [4.78, 5) is 4.86. The van der Waals surface area contributed by atoms with E-state index in [-0.39, 0.29) is 10.8 Å². The molecule has 0 atom stereocenters. The van der Waals surface area contributed by atoms with Crippen molar-refractivity contribution in [1.29, 1.82) is 0 Å². The summed E-state index contributed by atoms with van der Waals surface area (Å²) in [6.45, 7) is 9.44. The van der Waals surface area contributed by atoms with Crippen LogP contribution in [0.15, 0.2) is 461 Å². The number of benzene rings is 23. The predicted molar refractivity (Wildman–Crippen MR) is 562 cm³/mol. The third-order valence-corrected chi connectivity index (χ3v) is 29.1. The van der Waals surface area contributed by atoms with E-state index in [1.54, 1.807) is 0 Å². The Hall–Kier alpha value is -16.7. The summed E-state index contributed by atoms with van der Waals surface area (Å²) < 4.78 is 4.99. The largest absolute Gasteiger partial charge is 0.310 e. The summed E-state index contributed by atoms with van der Waals surface area (Å²) in [6.07, 6.45) is 0. The van der Waals surface area contributed by atoms with Gasteiger partial charge in [0.15, 0.2) is 0 Å². The first-order chi connectivity index (χ1) is 65.0. The van der Waals surface area contributed by atoms with Gasteiger partial charge in [-0.2, -0.15) is 0 Å². The average molecular weight is 1680 g/mol. The van der Waals surface area contributed by atoms with Crippen molar-refractivity contribution in [3.63, 3.8) is 0 Å². The van der Waals surface area contributed by atoms with E-state index in [0.29, 0.717) is 0 Å². The van der Waals surface area contributed by atoms with Gasteiger partial charge in [0.05, 0.1) is 27.8 Å². The van der Waals surface area contributed by atoms with Crippen molar-refractivity contribution in [3.05, 3.63) is 483 Å². The van der Waals surface area contributed by atoms with E-state index in [0.717, 1.165) is 39.8 Å². The number of aromatic nitrogens is 2. The van der Waals surface area contributed by atoms with Gasteiger partial charge >= 0.3 is 0 Å². The molecule has 0 aliphatic heterocycles. The number of hydrogen-bond donors (Lipinski definition) is 0. The maximum Gasteiger partial charge on any atom is 0.0626 e. The van der Waals surface area contributed by atoms with Gasteiger partial charge in [0.25, 0.3) is 0 Å². The van der Waals surface area contributed by atoms with Crippen LogP contribution in [0.4, 0.5) is 34.1 Å². The number of hydrogen-bond acceptors (Lipinski definition) is 2. The Morgan fingerprint density at radius 1 is 0.182 bits per heavy atom. The Kier molecular flexibility index (Phi) is 17.4. The number of para-hydroxylation sites is 3. The van der Waals surface area contributed by atoms with Gasteiger partial charge in [-0.25, -0.2) is 0 Å². The number of fused-ring (bicyclic) bond motifs is 28.